The molecule has 0 aliphatic heterocycles. The standard InChI is InChI=1S/C31H30FN5O2/c1-6-23-12-15-27(16-13-23)37(30(38)26-11-8-10-24(7-2)20-26)31(39)34-29-17-14-25(21-28(29)32)22-33-36(5)19-9-18-35(3)4/h1-2,8,10-17,20-22H,9,18-19H2,3-5H3,(H,34,39). The minimum absolute atomic E-state index is 0.0908. The number of amides is 3. The Morgan fingerprint density at radius 3 is 2.31 bits per heavy atom. The van der Waals surface area contributed by atoms with Crippen molar-refractivity contribution >= 4 is 29.5 Å². The summed E-state index contributed by atoms with van der Waals surface area (Å²) in [6.07, 6.45) is 13.4. The lowest BCUT2D eigenvalue weighted by molar-refractivity contribution is 0.0995. The van der Waals surface area contributed by atoms with Crippen LogP contribution in [0.4, 0.5) is 20.6 Å². The topological polar surface area (TPSA) is 68.2 Å². The van der Waals surface area contributed by atoms with Crippen molar-refractivity contribution < 1.29 is 14.0 Å². The lowest BCUT2D eigenvalue weighted by Gasteiger charge is -2.22. The number of anilines is 2. The van der Waals surface area contributed by atoms with Gasteiger partial charge in [0, 0.05) is 30.3 Å². The van der Waals surface area contributed by atoms with E-state index < -0.39 is 17.8 Å². The molecule has 0 spiro atoms. The molecular weight excluding hydrogens is 493 g/mol. The van der Waals surface area contributed by atoms with Crippen LogP contribution in [0.2, 0.25) is 0 Å². The van der Waals surface area contributed by atoms with E-state index in [1.54, 1.807) is 59.8 Å². The molecular formula is C31H30FN5O2. The van der Waals surface area contributed by atoms with Gasteiger partial charge >= 0.3 is 6.03 Å². The molecule has 7 nitrogen and oxygen atoms in total. The summed E-state index contributed by atoms with van der Waals surface area (Å²) in [5, 5.41) is 8.61. The molecule has 0 fully saturated rings. The minimum atomic E-state index is -0.847. The first-order valence-electron chi connectivity index (χ1n) is 12.2. The molecule has 0 aliphatic carbocycles. The van der Waals surface area contributed by atoms with E-state index in [1.807, 2.05) is 21.1 Å². The monoisotopic (exact) mass is 523 g/mol. The summed E-state index contributed by atoms with van der Waals surface area (Å²) in [6.45, 7) is 1.69. The van der Waals surface area contributed by atoms with Crippen LogP contribution in [-0.4, -0.2) is 62.3 Å². The van der Waals surface area contributed by atoms with Crippen molar-refractivity contribution in [1.82, 2.24) is 9.91 Å². The van der Waals surface area contributed by atoms with E-state index in [1.165, 1.54) is 18.2 Å². The number of terminal acetylenes is 2. The van der Waals surface area contributed by atoms with E-state index in [9.17, 15) is 14.0 Å². The number of nitrogens with one attached hydrogen (secondary N) is 1. The van der Waals surface area contributed by atoms with Crippen LogP contribution in [-0.2, 0) is 0 Å². The Hall–Kier alpha value is -4.92. The average molecular weight is 524 g/mol. The normalized spacial score (nSPS) is 10.6. The molecule has 0 heterocycles. The Bertz CT molecular complexity index is 1430. The molecule has 39 heavy (non-hydrogen) atoms. The number of imide groups is 1. The fraction of sp³-hybridized carbons (Fsp3) is 0.194. The van der Waals surface area contributed by atoms with E-state index in [4.69, 9.17) is 12.8 Å². The molecule has 0 saturated carbocycles. The largest absolute Gasteiger partial charge is 0.333 e. The average Bonchev–Trinajstić information content (AvgIpc) is 2.93. The number of hydrazone groups is 1. The minimum Gasteiger partial charge on any atom is -0.309 e. The van der Waals surface area contributed by atoms with Gasteiger partial charge in [-0.05, 0) is 87.2 Å². The van der Waals surface area contributed by atoms with E-state index in [0.717, 1.165) is 24.4 Å². The van der Waals surface area contributed by atoms with Crippen LogP contribution in [0, 0.1) is 30.5 Å². The Kier molecular flexibility index (Phi) is 9.97. The molecule has 3 rings (SSSR count). The van der Waals surface area contributed by atoms with Crippen LogP contribution >= 0.6 is 0 Å². The lowest BCUT2D eigenvalue weighted by Crippen LogP contribution is -2.40. The predicted octanol–water partition coefficient (Wildman–Crippen LogP) is 4.88. The zero-order valence-electron chi connectivity index (χ0n) is 22.2. The smallest absolute Gasteiger partial charge is 0.309 e. The van der Waals surface area contributed by atoms with Gasteiger partial charge in [-0.2, -0.15) is 5.10 Å². The highest BCUT2D eigenvalue weighted by Gasteiger charge is 2.26. The summed E-state index contributed by atoms with van der Waals surface area (Å²) in [7, 11) is 5.86. The van der Waals surface area contributed by atoms with Gasteiger partial charge in [-0.25, -0.2) is 14.1 Å². The van der Waals surface area contributed by atoms with Gasteiger partial charge in [-0.1, -0.05) is 24.0 Å². The molecule has 1 N–H and O–H groups in total. The number of urea groups is 1. The second-order valence-corrected chi connectivity index (χ2v) is 9.01. The summed E-state index contributed by atoms with van der Waals surface area (Å²) in [5.74, 6) is 3.65. The first kappa shape index (κ1) is 28.6. The summed E-state index contributed by atoms with van der Waals surface area (Å²) < 4.78 is 15.0. The SMILES string of the molecule is C#Cc1ccc(N(C(=O)Nc2ccc(C=NN(C)CCCN(C)C)cc2F)C(=O)c2cccc(C#C)c2)cc1. The van der Waals surface area contributed by atoms with Crippen molar-refractivity contribution in [3.05, 3.63) is 94.8 Å². The first-order chi connectivity index (χ1) is 18.7. The number of rotatable bonds is 9. The molecule has 0 atom stereocenters. The molecule has 198 valence electrons. The number of carbonyl (C=O) groups excluding carboxylic acids is 2. The molecule has 0 radical (unpaired) electrons. The van der Waals surface area contributed by atoms with Crippen molar-refractivity contribution in [3.63, 3.8) is 0 Å². The Morgan fingerprint density at radius 2 is 1.67 bits per heavy atom. The van der Waals surface area contributed by atoms with Gasteiger partial charge in [-0.3, -0.25) is 4.79 Å². The van der Waals surface area contributed by atoms with Crippen LogP contribution in [0.15, 0.2) is 71.8 Å². The van der Waals surface area contributed by atoms with Gasteiger partial charge in [0.2, 0.25) is 0 Å². The van der Waals surface area contributed by atoms with Crippen molar-refractivity contribution in [2.24, 2.45) is 5.10 Å². The van der Waals surface area contributed by atoms with Crippen molar-refractivity contribution in [1.29, 1.82) is 0 Å². The highest BCUT2D eigenvalue weighted by Crippen LogP contribution is 2.22. The van der Waals surface area contributed by atoms with Crippen molar-refractivity contribution in [2.45, 2.75) is 6.42 Å². The molecule has 3 aromatic carbocycles. The number of benzene rings is 3. The number of nitrogens with zero attached hydrogens (tertiary/aromatic N) is 4. The zero-order chi connectivity index (χ0) is 28.4. The Balaban J connectivity index is 1.82. The molecule has 3 amide bonds. The predicted molar refractivity (Wildman–Crippen MR) is 154 cm³/mol. The number of carbonyl (C=O) groups is 2. The molecule has 0 aliphatic rings. The quantitative estimate of drug-likeness (QED) is 0.247. The van der Waals surface area contributed by atoms with Gasteiger partial charge < -0.3 is 15.2 Å². The van der Waals surface area contributed by atoms with Crippen LogP contribution in [0.5, 0.6) is 0 Å². The van der Waals surface area contributed by atoms with E-state index in [-0.39, 0.29) is 16.9 Å². The molecule has 0 saturated heterocycles. The van der Waals surface area contributed by atoms with Crippen LogP contribution in [0.25, 0.3) is 0 Å². The second kappa shape index (κ2) is 13.6. The molecule has 8 heteroatoms. The zero-order valence-corrected chi connectivity index (χ0v) is 22.2. The van der Waals surface area contributed by atoms with E-state index >= 15 is 0 Å². The summed E-state index contributed by atoms with van der Waals surface area (Å²) in [5.41, 5.74) is 1.94. The second-order valence-electron chi connectivity index (χ2n) is 9.01. The highest BCUT2D eigenvalue weighted by molar-refractivity contribution is 6.23. The van der Waals surface area contributed by atoms with Crippen LogP contribution < -0.4 is 10.2 Å². The van der Waals surface area contributed by atoms with E-state index in [2.05, 4.69) is 27.2 Å². The maximum atomic E-state index is 15.0. The number of hydrogen-bond acceptors (Lipinski definition) is 5. The number of halogens is 1. The molecule has 0 aromatic heterocycles. The third-order valence-electron chi connectivity index (χ3n) is 5.70. The highest BCUT2D eigenvalue weighted by atomic mass is 19.1. The van der Waals surface area contributed by atoms with Gasteiger partial charge in [0.25, 0.3) is 5.91 Å². The van der Waals surface area contributed by atoms with Gasteiger partial charge in [-0.15, -0.1) is 12.8 Å². The maximum absolute atomic E-state index is 15.0. The fourth-order valence-corrected chi connectivity index (χ4v) is 3.63. The van der Waals surface area contributed by atoms with Gasteiger partial charge in [0.15, 0.2) is 0 Å². The summed E-state index contributed by atoms with van der Waals surface area (Å²) in [4.78, 5) is 29.8. The fourth-order valence-electron chi connectivity index (χ4n) is 3.63. The molecule has 3 aromatic rings. The Morgan fingerprint density at radius 1 is 0.949 bits per heavy atom. The van der Waals surface area contributed by atoms with Gasteiger partial charge in [0.05, 0.1) is 17.6 Å². The lowest BCUT2D eigenvalue weighted by atomic mass is 10.1. The maximum Gasteiger partial charge on any atom is 0.333 e. The van der Waals surface area contributed by atoms with Crippen LogP contribution in [0.1, 0.15) is 33.5 Å². The molecule has 0 bridgehead atoms. The van der Waals surface area contributed by atoms with Crippen molar-refractivity contribution in [2.75, 3.05) is 44.4 Å². The van der Waals surface area contributed by atoms with Crippen LogP contribution in [0.3, 0.4) is 0 Å². The van der Waals surface area contributed by atoms with E-state index in [0.29, 0.717) is 16.7 Å². The third kappa shape index (κ3) is 8.03. The summed E-state index contributed by atoms with van der Waals surface area (Å²) >= 11 is 0. The molecule has 0 unspecified atom stereocenters. The third-order valence-corrected chi connectivity index (χ3v) is 5.70. The van der Waals surface area contributed by atoms with Gasteiger partial charge in [0.1, 0.15) is 5.82 Å². The first-order valence-corrected chi connectivity index (χ1v) is 12.2. The van der Waals surface area contributed by atoms with Crippen molar-refractivity contribution in [3.8, 4) is 24.7 Å². The Labute approximate surface area is 228 Å². The summed E-state index contributed by atoms with van der Waals surface area (Å²) in [6, 6.07) is 16.1. The number of hydrogen-bond donors (Lipinski definition) is 1.